The summed E-state index contributed by atoms with van der Waals surface area (Å²) in [6.45, 7) is 4.16. The van der Waals surface area contributed by atoms with E-state index in [1.165, 1.54) is 6.42 Å². The average Bonchev–Trinajstić information content (AvgIpc) is 2.88. The van der Waals surface area contributed by atoms with Crippen molar-refractivity contribution in [2.45, 2.75) is 45.1 Å². The molecule has 2 N–H and O–H groups in total. The van der Waals surface area contributed by atoms with E-state index in [4.69, 9.17) is 10.3 Å². The van der Waals surface area contributed by atoms with E-state index in [9.17, 15) is 0 Å². The predicted octanol–water partition coefficient (Wildman–Crippen LogP) is 2.80. The first-order chi connectivity index (χ1) is 9.57. The molecule has 2 unspecified atom stereocenters. The Morgan fingerprint density at radius 1 is 1.35 bits per heavy atom. The van der Waals surface area contributed by atoms with Crippen molar-refractivity contribution in [1.82, 2.24) is 15.1 Å². The van der Waals surface area contributed by atoms with Gasteiger partial charge in [0.1, 0.15) is 5.69 Å². The molecule has 0 saturated heterocycles. The maximum absolute atomic E-state index is 6.48. The second-order valence-electron chi connectivity index (χ2n) is 5.95. The second kappa shape index (κ2) is 4.98. The topological polar surface area (TPSA) is 77.8 Å². The Hall–Kier alpha value is -1.75. The van der Waals surface area contributed by atoms with E-state index in [0.29, 0.717) is 17.6 Å². The van der Waals surface area contributed by atoms with Gasteiger partial charge in [-0.15, -0.1) is 0 Å². The highest BCUT2D eigenvalue weighted by molar-refractivity contribution is 5.48. The predicted molar refractivity (Wildman–Crippen MR) is 75.8 cm³/mol. The minimum atomic E-state index is -0.479. The molecule has 1 aliphatic carbocycles. The Bertz CT molecular complexity index is 609. The van der Waals surface area contributed by atoms with E-state index in [2.05, 4.69) is 22.0 Å². The number of aromatic nitrogens is 3. The number of hydrogen-bond acceptors (Lipinski definition) is 5. The SMILES string of the molecule is Cc1cccc(-c2noc(C3(N)CCCC(C)C3)n2)n1. The molecule has 0 radical (unpaired) electrons. The fourth-order valence-corrected chi connectivity index (χ4v) is 2.98. The Kier molecular flexibility index (Phi) is 3.30. The van der Waals surface area contributed by atoms with Crippen molar-refractivity contribution in [1.29, 1.82) is 0 Å². The highest BCUT2D eigenvalue weighted by atomic mass is 16.5. The highest BCUT2D eigenvalue weighted by Gasteiger charge is 2.37. The summed E-state index contributed by atoms with van der Waals surface area (Å²) in [5, 5.41) is 4.04. The van der Waals surface area contributed by atoms with E-state index in [0.717, 1.165) is 30.7 Å². The first kappa shape index (κ1) is 13.2. The zero-order chi connectivity index (χ0) is 14.2. The lowest BCUT2D eigenvalue weighted by Gasteiger charge is -2.33. The molecule has 1 aliphatic rings. The van der Waals surface area contributed by atoms with Gasteiger partial charge in [0.15, 0.2) is 0 Å². The van der Waals surface area contributed by atoms with Gasteiger partial charge in [0.05, 0.1) is 5.54 Å². The van der Waals surface area contributed by atoms with Gasteiger partial charge in [0.2, 0.25) is 11.7 Å². The molecule has 2 aromatic heterocycles. The maximum atomic E-state index is 6.48. The fraction of sp³-hybridized carbons (Fsp3) is 0.533. The fourth-order valence-electron chi connectivity index (χ4n) is 2.98. The molecule has 0 bridgehead atoms. The van der Waals surface area contributed by atoms with E-state index < -0.39 is 5.54 Å². The Labute approximate surface area is 118 Å². The van der Waals surface area contributed by atoms with Crippen molar-refractivity contribution in [3.8, 4) is 11.5 Å². The summed E-state index contributed by atoms with van der Waals surface area (Å²) in [7, 11) is 0. The molecule has 2 heterocycles. The van der Waals surface area contributed by atoms with Crippen LogP contribution in [0.2, 0.25) is 0 Å². The van der Waals surface area contributed by atoms with Gasteiger partial charge in [-0.3, -0.25) is 0 Å². The number of nitrogens with two attached hydrogens (primary N) is 1. The minimum Gasteiger partial charge on any atom is -0.337 e. The molecule has 5 nitrogen and oxygen atoms in total. The molecule has 5 heteroatoms. The third kappa shape index (κ3) is 2.45. The van der Waals surface area contributed by atoms with Gasteiger partial charge in [-0.05, 0) is 37.8 Å². The van der Waals surface area contributed by atoms with Crippen LogP contribution in [0.5, 0.6) is 0 Å². The van der Waals surface area contributed by atoms with Crippen LogP contribution >= 0.6 is 0 Å². The molecule has 0 spiro atoms. The molecule has 0 amide bonds. The van der Waals surface area contributed by atoms with Crippen LogP contribution in [-0.4, -0.2) is 15.1 Å². The molecule has 0 aromatic carbocycles. The van der Waals surface area contributed by atoms with Crippen molar-refractivity contribution in [2.75, 3.05) is 0 Å². The van der Waals surface area contributed by atoms with Gasteiger partial charge >= 0.3 is 0 Å². The lowest BCUT2D eigenvalue weighted by molar-refractivity contribution is 0.183. The van der Waals surface area contributed by atoms with Crippen LogP contribution in [0, 0.1) is 12.8 Å². The van der Waals surface area contributed by atoms with Crippen molar-refractivity contribution >= 4 is 0 Å². The van der Waals surface area contributed by atoms with Gasteiger partial charge in [0.25, 0.3) is 0 Å². The molecule has 3 rings (SSSR count). The van der Waals surface area contributed by atoms with Gasteiger partial charge in [-0.1, -0.05) is 31.0 Å². The summed E-state index contributed by atoms with van der Waals surface area (Å²) in [6.07, 6.45) is 4.13. The standard InChI is InChI=1S/C15H20N4O/c1-10-5-4-8-15(16,9-10)14-18-13(19-20-14)12-7-3-6-11(2)17-12/h3,6-7,10H,4-5,8-9,16H2,1-2H3. The third-order valence-corrected chi connectivity index (χ3v) is 4.00. The van der Waals surface area contributed by atoms with Crippen molar-refractivity contribution in [3.05, 3.63) is 29.8 Å². The number of rotatable bonds is 2. The summed E-state index contributed by atoms with van der Waals surface area (Å²) in [4.78, 5) is 8.90. The molecule has 20 heavy (non-hydrogen) atoms. The van der Waals surface area contributed by atoms with Crippen LogP contribution in [0.1, 0.15) is 44.2 Å². The van der Waals surface area contributed by atoms with Crippen molar-refractivity contribution in [3.63, 3.8) is 0 Å². The molecular weight excluding hydrogens is 252 g/mol. The van der Waals surface area contributed by atoms with Crippen molar-refractivity contribution in [2.24, 2.45) is 11.7 Å². The van der Waals surface area contributed by atoms with Gasteiger partial charge < -0.3 is 10.3 Å². The lowest BCUT2D eigenvalue weighted by Crippen LogP contribution is -2.41. The van der Waals surface area contributed by atoms with Crippen LogP contribution in [0.4, 0.5) is 0 Å². The van der Waals surface area contributed by atoms with E-state index in [1.807, 2.05) is 25.1 Å². The van der Waals surface area contributed by atoms with E-state index in [-0.39, 0.29) is 0 Å². The van der Waals surface area contributed by atoms with E-state index in [1.54, 1.807) is 0 Å². The Balaban J connectivity index is 1.90. The lowest BCUT2D eigenvalue weighted by atomic mass is 9.77. The summed E-state index contributed by atoms with van der Waals surface area (Å²) >= 11 is 0. The van der Waals surface area contributed by atoms with Crippen LogP contribution in [0.3, 0.4) is 0 Å². The average molecular weight is 272 g/mol. The van der Waals surface area contributed by atoms with Crippen LogP contribution in [0.15, 0.2) is 22.7 Å². The number of aryl methyl sites for hydroxylation is 1. The number of pyridine rings is 1. The van der Waals surface area contributed by atoms with Gasteiger partial charge in [-0.25, -0.2) is 4.98 Å². The molecular formula is C15H20N4O. The summed E-state index contributed by atoms with van der Waals surface area (Å²) in [6, 6.07) is 5.76. The molecule has 2 aromatic rings. The quantitative estimate of drug-likeness (QED) is 0.909. The first-order valence-electron chi connectivity index (χ1n) is 7.14. The zero-order valence-corrected chi connectivity index (χ0v) is 12.0. The zero-order valence-electron chi connectivity index (χ0n) is 12.0. The van der Waals surface area contributed by atoms with Gasteiger partial charge in [0, 0.05) is 5.69 Å². The van der Waals surface area contributed by atoms with Crippen LogP contribution in [0.25, 0.3) is 11.5 Å². The normalized spacial score (nSPS) is 26.6. The van der Waals surface area contributed by atoms with Crippen LogP contribution in [-0.2, 0) is 5.54 Å². The van der Waals surface area contributed by atoms with Crippen LogP contribution < -0.4 is 5.73 Å². The maximum Gasteiger partial charge on any atom is 0.247 e. The Morgan fingerprint density at radius 3 is 2.95 bits per heavy atom. The molecule has 1 saturated carbocycles. The number of hydrogen-bond donors (Lipinski definition) is 1. The minimum absolute atomic E-state index is 0.479. The summed E-state index contributed by atoms with van der Waals surface area (Å²) in [5.41, 5.74) is 7.66. The monoisotopic (exact) mass is 272 g/mol. The Morgan fingerprint density at radius 2 is 2.20 bits per heavy atom. The largest absolute Gasteiger partial charge is 0.337 e. The number of nitrogens with zero attached hydrogens (tertiary/aromatic N) is 3. The van der Waals surface area contributed by atoms with Gasteiger partial charge in [-0.2, -0.15) is 4.98 Å². The molecule has 1 fully saturated rings. The second-order valence-corrected chi connectivity index (χ2v) is 5.95. The molecule has 2 atom stereocenters. The summed E-state index contributed by atoms with van der Waals surface area (Å²) < 4.78 is 5.42. The highest BCUT2D eigenvalue weighted by Crippen LogP contribution is 2.37. The summed E-state index contributed by atoms with van der Waals surface area (Å²) in [5.74, 6) is 1.66. The molecule has 106 valence electrons. The smallest absolute Gasteiger partial charge is 0.247 e. The first-order valence-corrected chi connectivity index (χ1v) is 7.14. The van der Waals surface area contributed by atoms with Crippen molar-refractivity contribution < 1.29 is 4.52 Å². The van der Waals surface area contributed by atoms with E-state index >= 15 is 0 Å². The molecule has 0 aliphatic heterocycles. The third-order valence-electron chi connectivity index (χ3n) is 4.00.